The number of benzene rings is 2. The van der Waals surface area contributed by atoms with Gasteiger partial charge in [0.2, 0.25) is 5.09 Å². The van der Waals surface area contributed by atoms with E-state index in [9.17, 15) is 27.0 Å². The smallest absolute Gasteiger partial charge is 0.742 e. The van der Waals surface area contributed by atoms with Crippen molar-refractivity contribution in [3.8, 4) is 0 Å². The van der Waals surface area contributed by atoms with Crippen LogP contribution in [0.25, 0.3) is 6.08 Å². The summed E-state index contributed by atoms with van der Waals surface area (Å²) in [4.78, 5) is 27.2. The predicted molar refractivity (Wildman–Crippen MR) is 125 cm³/mol. The Morgan fingerprint density at radius 1 is 1.08 bits per heavy atom. The summed E-state index contributed by atoms with van der Waals surface area (Å²) >= 11 is 0. The van der Waals surface area contributed by atoms with E-state index in [0.717, 1.165) is 24.0 Å². The number of hydrogen-bond acceptors (Lipinski definition) is 8. The standard InChI is InChI=1S/C23H21FN4O6S.Na/c1-28(2)18-8-6-15(7-9-18)12-20(26-22(29)16-4-3-5-17(24)13-16)23(30)27-25-14-19-10-11-21(34-19)35(31,32)33;/h3-14H,1-2H3,(H,26,29)(H,27,30)(H,31,32,33);/q;+1/p-1/b20-12-,25-14+;. The van der Waals surface area contributed by atoms with Crippen molar-refractivity contribution in [1.29, 1.82) is 0 Å². The van der Waals surface area contributed by atoms with Crippen molar-refractivity contribution in [1.82, 2.24) is 10.7 Å². The number of rotatable bonds is 8. The minimum absolute atomic E-state index is 0. The molecule has 1 aromatic heterocycles. The summed E-state index contributed by atoms with van der Waals surface area (Å²) in [6.45, 7) is 0. The topological polar surface area (TPSA) is 144 Å². The van der Waals surface area contributed by atoms with Gasteiger partial charge in [-0.25, -0.2) is 18.2 Å². The van der Waals surface area contributed by atoms with E-state index in [1.807, 2.05) is 31.1 Å². The van der Waals surface area contributed by atoms with Gasteiger partial charge in [0.15, 0.2) is 10.1 Å². The fourth-order valence-electron chi connectivity index (χ4n) is 2.77. The van der Waals surface area contributed by atoms with Gasteiger partial charge in [-0.3, -0.25) is 9.59 Å². The van der Waals surface area contributed by atoms with Crippen LogP contribution in [0.3, 0.4) is 0 Å². The maximum atomic E-state index is 13.5. The van der Waals surface area contributed by atoms with Gasteiger partial charge in [0, 0.05) is 25.3 Å². The van der Waals surface area contributed by atoms with E-state index in [0.29, 0.717) is 5.56 Å². The summed E-state index contributed by atoms with van der Waals surface area (Å²) in [5.74, 6) is -2.27. The zero-order chi connectivity index (χ0) is 25.6. The third kappa shape index (κ3) is 8.14. The molecule has 0 spiro atoms. The molecule has 0 atom stereocenters. The third-order valence-electron chi connectivity index (χ3n) is 4.51. The molecule has 36 heavy (non-hydrogen) atoms. The number of nitrogens with one attached hydrogen (secondary N) is 2. The van der Waals surface area contributed by atoms with Gasteiger partial charge in [0.1, 0.15) is 17.3 Å². The van der Waals surface area contributed by atoms with E-state index < -0.39 is 32.8 Å². The Morgan fingerprint density at radius 3 is 2.36 bits per heavy atom. The van der Waals surface area contributed by atoms with Crippen LogP contribution in [0.5, 0.6) is 0 Å². The number of nitrogens with zero attached hydrogens (tertiary/aromatic N) is 2. The Labute approximate surface area is 228 Å². The van der Waals surface area contributed by atoms with Crippen molar-refractivity contribution in [3.05, 3.63) is 89.1 Å². The molecule has 0 aliphatic rings. The van der Waals surface area contributed by atoms with Crippen molar-refractivity contribution in [2.75, 3.05) is 19.0 Å². The number of amides is 2. The molecule has 0 unspecified atom stereocenters. The Kier molecular flexibility index (Phi) is 10.1. The fraction of sp³-hybridized carbons (Fsp3) is 0.0870. The van der Waals surface area contributed by atoms with Gasteiger partial charge in [0.05, 0.1) is 6.21 Å². The van der Waals surface area contributed by atoms with Crippen LogP contribution in [0, 0.1) is 5.82 Å². The third-order valence-corrected chi connectivity index (χ3v) is 5.22. The van der Waals surface area contributed by atoms with Crippen LogP contribution in [-0.2, 0) is 14.9 Å². The molecule has 0 bridgehead atoms. The molecule has 2 amide bonds. The average Bonchev–Trinajstić information content (AvgIpc) is 3.28. The summed E-state index contributed by atoms with van der Waals surface area (Å²) in [5, 5.41) is 5.29. The minimum atomic E-state index is -4.77. The number of carbonyl (C=O) groups is 2. The van der Waals surface area contributed by atoms with Gasteiger partial charge in [-0.05, 0) is 54.1 Å². The molecule has 0 radical (unpaired) electrons. The molecule has 13 heteroatoms. The predicted octanol–water partition coefficient (Wildman–Crippen LogP) is -0.686. The second-order valence-corrected chi connectivity index (χ2v) is 8.63. The molecular weight excluding hydrogens is 502 g/mol. The summed E-state index contributed by atoms with van der Waals surface area (Å²) in [5.41, 5.74) is 3.47. The molecule has 2 aromatic carbocycles. The van der Waals surface area contributed by atoms with Crippen LogP contribution in [0.4, 0.5) is 10.1 Å². The van der Waals surface area contributed by atoms with E-state index in [-0.39, 0.29) is 46.6 Å². The Morgan fingerprint density at radius 2 is 1.78 bits per heavy atom. The number of anilines is 1. The second-order valence-electron chi connectivity index (χ2n) is 7.32. The largest absolute Gasteiger partial charge is 1.00 e. The van der Waals surface area contributed by atoms with Crippen molar-refractivity contribution >= 4 is 39.9 Å². The van der Waals surface area contributed by atoms with Gasteiger partial charge in [0.25, 0.3) is 11.8 Å². The van der Waals surface area contributed by atoms with E-state index in [1.165, 1.54) is 30.3 Å². The van der Waals surface area contributed by atoms with Crippen molar-refractivity contribution < 1.29 is 60.9 Å². The summed E-state index contributed by atoms with van der Waals surface area (Å²) in [6.07, 6.45) is 2.38. The van der Waals surface area contributed by atoms with Crippen LogP contribution in [-0.4, -0.2) is 45.1 Å². The van der Waals surface area contributed by atoms with E-state index >= 15 is 0 Å². The van der Waals surface area contributed by atoms with Crippen molar-refractivity contribution in [2.24, 2.45) is 5.10 Å². The Balaban J connectivity index is 0.00000456. The van der Waals surface area contributed by atoms with E-state index in [1.54, 1.807) is 12.1 Å². The normalized spacial score (nSPS) is 11.6. The molecule has 0 aliphatic carbocycles. The monoisotopic (exact) mass is 522 g/mol. The average molecular weight is 522 g/mol. The summed E-state index contributed by atoms with van der Waals surface area (Å²) < 4.78 is 51.2. The maximum Gasteiger partial charge on any atom is 1.00 e. The van der Waals surface area contributed by atoms with Crippen molar-refractivity contribution in [3.63, 3.8) is 0 Å². The first kappa shape index (κ1) is 28.9. The number of hydrazone groups is 1. The summed E-state index contributed by atoms with van der Waals surface area (Å²) in [7, 11) is -1.03. The number of hydrogen-bond donors (Lipinski definition) is 2. The van der Waals surface area contributed by atoms with Gasteiger partial charge in [-0.1, -0.05) is 18.2 Å². The van der Waals surface area contributed by atoms with Gasteiger partial charge >= 0.3 is 29.6 Å². The molecule has 1 heterocycles. The van der Waals surface area contributed by atoms with E-state index in [4.69, 9.17) is 4.42 Å². The van der Waals surface area contributed by atoms with Crippen LogP contribution >= 0.6 is 0 Å². The minimum Gasteiger partial charge on any atom is -0.742 e. The number of furan rings is 1. The molecule has 182 valence electrons. The molecule has 10 nitrogen and oxygen atoms in total. The molecule has 0 aliphatic heterocycles. The SMILES string of the molecule is CN(C)c1ccc(/C=C(\NC(=O)c2cccc(F)c2)C(=O)N/N=C/c2ccc(S(=O)(=O)[O-])o2)cc1.[Na+]. The first-order valence-electron chi connectivity index (χ1n) is 9.98. The van der Waals surface area contributed by atoms with Gasteiger partial charge in [-0.15, -0.1) is 0 Å². The molecule has 3 rings (SSSR count). The number of carbonyl (C=O) groups excluding carboxylic acids is 2. The Bertz CT molecular complexity index is 1400. The van der Waals surface area contributed by atoms with Crippen LogP contribution < -0.4 is 45.2 Å². The van der Waals surface area contributed by atoms with Crippen molar-refractivity contribution in [2.45, 2.75) is 5.09 Å². The molecular formula is C23H20FN4NaO6S. The quantitative estimate of drug-likeness (QED) is 0.131. The first-order valence-corrected chi connectivity index (χ1v) is 11.4. The first-order chi connectivity index (χ1) is 16.5. The van der Waals surface area contributed by atoms with Crippen LogP contribution in [0.2, 0.25) is 0 Å². The van der Waals surface area contributed by atoms with Crippen LogP contribution in [0.1, 0.15) is 21.7 Å². The summed E-state index contributed by atoms with van der Waals surface area (Å²) in [6, 6.07) is 14.2. The maximum absolute atomic E-state index is 13.5. The molecule has 3 aromatic rings. The van der Waals surface area contributed by atoms with Gasteiger partial charge in [-0.2, -0.15) is 5.10 Å². The van der Waals surface area contributed by atoms with Gasteiger partial charge < -0.3 is 19.2 Å². The molecule has 0 saturated carbocycles. The zero-order valence-corrected chi connectivity index (χ0v) is 22.4. The fourth-order valence-corrected chi connectivity index (χ4v) is 3.20. The van der Waals surface area contributed by atoms with E-state index in [2.05, 4.69) is 15.8 Å². The number of halogens is 1. The Hall–Kier alpha value is -3.29. The second kappa shape index (κ2) is 12.6. The molecule has 0 fully saturated rings. The molecule has 0 saturated heterocycles. The molecule has 2 N–H and O–H groups in total. The van der Waals surface area contributed by atoms with Crippen LogP contribution in [0.15, 0.2) is 81.0 Å². The zero-order valence-electron chi connectivity index (χ0n) is 19.6.